The zero-order valence-corrected chi connectivity index (χ0v) is 9.76. The van der Waals surface area contributed by atoms with Gasteiger partial charge in [-0.05, 0) is 24.5 Å². The first-order valence-corrected chi connectivity index (χ1v) is 5.69. The van der Waals surface area contributed by atoms with E-state index in [2.05, 4.69) is 36.1 Å². The molecule has 1 aliphatic heterocycles. The van der Waals surface area contributed by atoms with Gasteiger partial charge in [-0.1, -0.05) is 36.5 Å². The number of benzene rings is 1. The largest absolute Gasteiger partial charge is 0.392 e. The summed E-state index contributed by atoms with van der Waals surface area (Å²) in [6.07, 6.45) is 1.10. The number of hydrogen-bond acceptors (Lipinski definition) is 2. The van der Waals surface area contributed by atoms with Gasteiger partial charge in [-0.2, -0.15) is 0 Å². The molecule has 0 saturated carbocycles. The lowest BCUT2D eigenvalue weighted by atomic mass is 9.99. The zero-order valence-electron chi connectivity index (χ0n) is 8.94. The molecule has 3 heteroatoms. The molecule has 0 bridgehead atoms. The summed E-state index contributed by atoms with van der Waals surface area (Å²) < 4.78 is 0. The molecule has 1 atom stereocenters. The molecule has 1 aromatic carbocycles. The molecule has 0 spiro atoms. The predicted molar refractivity (Wildman–Crippen MR) is 66.8 cm³/mol. The van der Waals surface area contributed by atoms with Crippen LogP contribution in [0.2, 0.25) is 0 Å². The van der Waals surface area contributed by atoms with Gasteiger partial charge in [0.15, 0.2) is 0 Å². The normalized spacial score (nSPS) is 18.2. The average molecular weight is 220 g/mol. The smallest absolute Gasteiger partial charge is 0.0899 e. The Bertz CT molecular complexity index is 376. The highest BCUT2D eigenvalue weighted by atomic mass is 32.1. The first kappa shape index (κ1) is 10.6. The molecule has 2 nitrogen and oxygen atoms in total. The van der Waals surface area contributed by atoms with Gasteiger partial charge in [0.2, 0.25) is 0 Å². The molecule has 2 rings (SSSR count). The molecule has 80 valence electrons. The van der Waals surface area contributed by atoms with Crippen molar-refractivity contribution >= 4 is 17.2 Å². The van der Waals surface area contributed by atoms with E-state index in [4.69, 9.17) is 18.0 Å². The van der Waals surface area contributed by atoms with Crippen molar-refractivity contribution < 1.29 is 0 Å². The zero-order chi connectivity index (χ0) is 10.8. The quantitative estimate of drug-likeness (QED) is 0.770. The van der Waals surface area contributed by atoms with Gasteiger partial charge in [0.25, 0.3) is 0 Å². The van der Waals surface area contributed by atoms with Gasteiger partial charge in [0, 0.05) is 13.1 Å². The summed E-state index contributed by atoms with van der Waals surface area (Å²) in [5, 5.41) is 0. The van der Waals surface area contributed by atoms with Gasteiger partial charge in [-0.25, -0.2) is 0 Å². The molecule has 1 unspecified atom stereocenters. The predicted octanol–water partition coefficient (Wildman–Crippen LogP) is 1.72. The Labute approximate surface area is 96.1 Å². The number of nitrogens with zero attached hydrogens (tertiary/aromatic N) is 1. The second-order valence-corrected chi connectivity index (χ2v) is 4.54. The molecular formula is C12H16N2S. The molecule has 1 heterocycles. The summed E-state index contributed by atoms with van der Waals surface area (Å²) >= 11 is 5.03. The van der Waals surface area contributed by atoms with Crippen molar-refractivity contribution in [3.63, 3.8) is 0 Å². The Morgan fingerprint density at radius 3 is 2.73 bits per heavy atom. The number of rotatable bonds is 2. The van der Waals surface area contributed by atoms with Crippen molar-refractivity contribution in [1.29, 1.82) is 0 Å². The Morgan fingerprint density at radius 2 is 2.07 bits per heavy atom. The lowest BCUT2D eigenvalue weighted by Crippen LogP contribution is -2.44. The van der Waals surface area contributed by atoms with Crippen molar-refractivity contribution in [1.82, 2.24) is 4.90 Å². The Kier molecular flexibility index (Phi) is 3.03. The number of thiocarbonyl (C=S) groups is 1. The van der Waals surface area contributed by atoms with Gasteiger partial charge in [0.05, 0.1) is 11.0 Å². The van der Waals surface area contributed by atoms with Gasteiger partial charge in [-0.3, -0.25) is 4.90 Å². The first-order chi connectivity index (χ1) is 7.18. The van der Waals surface area contributed by atoms with Crippen molar-refractivity contribution in [2.24, 2.45) is 5.73 Å². The van der Waals surface area contributed by atoms with Gasteiger partial charge in [0.1, 0.15) is 0 Å². The summed E-state index contributed by atoms with van der Waals surface area (Å²) in [5.41, 5.74) is 8.55. The number of hydrogen-bond donors (Lipinski definition) is 1. The fourth-order valence-corrected chi connectivity index (χ4v) is 2.18. The van der Waals surface area contributed by atoms with E-state index in [9.17, 15) is 0 Å². The molecule has 0 radical (unpaired) electrons. The minimum atomic E-state index is 0.202. The average Bonchev–Trinajstić information content (AvgIpc) is 2.27. The first-order valence-electron chi connectivity index (χ1n) is 5.28. The van der Waals surface area contributed by atoms with Crippen LogP contribution in [0.5, 0.6) is 0 Å². The van der Waals surface area contributed by atoms with Crippen molar-refractivity contribution in [2.45, 2.75) is 25.9 Å². The molecule has 2 N–H and O–H groups in total. The van der Waals surface area contributed by atoms with Crippen molar-refractivity contribution in [3.8, 4) is 0 Å². The number of fused-ring (bicyclic) bond motifs is 1. The summed E-state index contributed by atoms with van der Waals surface area (Å²) in [4.78, 5) is 2.93. The minimum Gasteiger partial charge on any atom is -0.392 e. The molecule has 0 saturated heterocycles. The molecule has 1 aromatic rings. The summed E-state index contributed by atoms with van der Waals surface area (Å²) in [7, 11) is 0. The Morgan fingerprint density at radius 1 is 1.40 bits per heavy atom. The monoisotopic (exact) mass is 220 g/mol. The fourth-order valence-electron chi connectivity index (χ4n) is 2.03. The molecular weight excluding hydrogens is 204 g/mol. The molecule has 0 fully saturated rings. The van der Waals surface area contributed by atoms with E-state index in [1.54, 1.807) is 0 Å². The maximum atomic E-state index is 5.68. The van der Waals surface area contributed by atoms with Crippen LogP contribution in [0.1, 0.15) is 18.1 Å². The van der Waals surface area contributed by atoms with E-state index >= 15 is 0 Å². The maximum Gasteiger partial charge on any atom is 0.0899 e. The van der Waals surface area contributed by atoms with Crippen LogP contribution in [0, 0.1) is 0 Å². The standard InChI is InChI=1S/C12H16N2S/c1-9(12(13)15)14-7-6-10-4-2-3-5-11(10)8-14/h2-5,9H,6-8H2,1H3,(H2,13,15). The SMILES string of the molecule is CC(C(N)=S)N1CCc2ccccc2C1. The van der Waals surface area contributed by atoms with Crippen LogP contribution in [0.4, 0.5) is 0 Å². The van der Waals surface area contributed by atoms with E-state index in [1.807, 2.05) is 0 Å². The molecule has 0 aliphatic carbocycles. The second kappa shape index (κ2) is 4.29. The Balaban J connectivity index is 2.15. The minimum absolute atomic E-state index is 0.202. The van der Waals surface area contributed by atoms with Gasteiger partial charge < -0.3 is 5.73 Å². The fraction of sp³-hybridized carbons (Fsp3) is 0.417. The van der Waals surface area contributed by atoms with Crippen LogP contribution in [-0.2, 0) is 13.0 Å². The highest BCUT2D eigenvalue weighted by Gasteiger charge is 2.21. The molecule has 0 aromatic heterocycles. The van der Waals surface area contributed by atoms with Gasteiger partial charge in [-0.15, -0.1) is 0 Å². The highest BCUT2D eigenvalue weighted by molar-refractivity contribution is 7.80. The van der Waals surface area contributed by atoms with Crippen LogP contribution >= 0.6 is 12.2 Å². The van der Waals surface area contributed by atoms with E-state index in [-0.39, 0.29) is 6.04 Å². The van der Waals surface area contributed by atoms with Crippen LogP contribution in [0.25, 0.3) is 0 Å². The van der Waals surface area contributed by atoms with Crippen LogP contribution in [0.3, 0.4) is 0 Å². The van der Waals surface area contributed by atoms with E-state index in [0.717, 1.165) is 19.5 Å². The summed E-state index contributed by atoms with van der Waals surface area (Å²) in [6, 6.07) is 8.79. The number of nitrogens with two attached hydrogens (primary N) is 1. The third-order valence-corrected chi connectivity index (χ3v) is 3.46. The lowest BCUT2D eigenvalue weighted by molar-refractivity contribution is 0.234. The molecule has 1 aliphatic rings. The topological polar surface area (TPSA) is 29.3 Å². The summed E-state index contributed by atoms with van der Waals surface area (Å²) in [5.74, 6) is 0. The molecule has 0 amide bonds. The Hall–Kier alpha value is -0.930. The second-order valence-electron chi connectivity index (χ2n) is 4.07. The molecule has 15 heavy (non-hydrogen) atoms. The van der Waals surface area contributed by atoms with E-state index in [1.165, 1.54) is 11.1 Å². The van der Waals surface area contributed by atoms with E-state index < -0.39 is 0 Å². The maximum absolute atomic E-state index is 5.68. The third-order valence-electron chi connectivity index (χ3n) is 3.12. The van der Waals surface area contributed by atoms with Crippen LogP contribution < -0.4 is 5.73 Å². The van der Waals surface area contributed by atoms with Crippen molar-refractivity contribution in [2.75, 3.05) is 6.54 Å². The van der Waals surface area contributed by atoms with Crippen LogP contribution in [0.15, 0.2) is 24.3 Å². The van der Waals surface area contributed by atoms with Gasteiger partial charge >= 0.3 is 0 Å². The summed E-state index contributed by atoms with van der Waals surface area (Å²) in [6.45, 7) is 4.10. The highest BCUT2D eigenvalue weighted by Crippen LogP contribution is 2.20. The third kappa shape index (κ3) is 2.19. The van der Waals surface area contributed by atoms with Crippen LogP contribution in [-0.4, -0.2) is 22.5 Å². The lowest BCUT2D eigenvalue weighted by Gasteiger charge is -2.33. The van der Waals surface area contributed by atoms with E-state index in [0.29, 0.717) is 4.99 Å². The van der Waals surface area contributed by atoms with Crippen molar-refractivity contribution in [3.05, 3.63) is 35.4 Å².